The molecule has 0 aromatic heterocycles. The Kier molecular flexibility index (Phi) is 2.60. The van der Waals surface area contributed by atoms with Gasteiger partial charge in [-0.3, -0.25) is 7.05 Å². The highest BCUT2D eigenvalue weighted by Gasteiger charge is 2.19. The summed E-state index contributed by atoms with van der Waals surface area (Å²) in [6.45, 7) is 5.49. The van der Waals surface area contributed by atoms with Crippen LogP contribution >= 0.6 is 0 Å². The van der Waals surface area contributed by atoms with Crippen LogP contribution in [-0.2, 0) is 0 Å². The van der Waals surface area contributed by atoms with Crippen molar-refractivity contribution in [3.05, 3.63) is 41.9 Å². The minimum Gasteiger partial charge on any atom is -0.453 e. The SMILES string of the molecule is [CH2-]N1CCCC1c1cc(C)ccc1C. The van der Waals surface area contributed by atoms with Crippen molar-refractivity contribution < 1.29 is 0 Å². The van der Waals surface area contributed by atoms with Gasteiger partial charge in [0.15, 0.2) is 0 Å². The van der Waals surface area contributed by atoms with E-state index in [4.69, 9.17) is 0 Å². The lowest BCUT2D eigenvalue weighted by molar-refractivity contribution is 0.351. The Labute approximate surface area is 86.7 Å². The van der Waals surface area contributed by atoms with E-state index in [2.05, 4.69) is 44.0 Å². The lowest BCUT2D eigenvalue weighted by atomic mass is 9.97. The van der Waals surface area contributed by atoms with Gasteiger partial charge in [0, 0.05) is 6.04 Å². The quantitative estimate of drug-likeness (QED) is 0.612. The summed E-state index contributed by atoms with van der Waals surface area (Å²) in [5.41, 5.74) is 4.22. The van der Waals surface area contributed by atoms with Crippen molar-refractivity contribution >= 4 is 0 Å². The van der Waals surface area contributed by atoms with E-state index >= 15 is 0 Å². The first-order chi connectivity index (χ1) is 6.68. The summed E-state index contributed by atoms with van der Waals surface area (Å²) in [5, 5.41) is 0. The Morgan fingerprint density at radius 3 is 2.79 bits per heavy atom. The van der Waals surface area contributed by atoms with Gasteiger partial charge in [-0.05, 0) is 44.4 Å². The van der Waals surface area contributed by atoms with Crippen LogP contribution in [-0.4, -0.2) is 11.4 Å². The lowest BCUT2D eigenvalue weighted by Crippen LogP contribution is -2.16. The van der Waals surface area contributed by atoms with Gasteiger partial charge in [0.1, 0.15) is 0 Å². The second kappa shape index (κ2) is 3.74. The summed E-state index contributed by atoms with van der Waals surface area (Å²) >= 11 is 0. The number of nitrogens with zero attached hydrogens (tertiary/aromatic N) is 1. The van der Waals surface area contributed by atoms with Gasteiger partial charge in [-0.25, -0.2) is 0 Å². The Morgan fingerprint density at radius 2 is 2.14 bits per heavy atom. The van der Waals surface area contributed by atoms with E-state index in [0.29, 0.717) is 6.04 Å². The monoisotopic (exact) mass is 188 g/mol. The molecule has 76 valence electrons. The molecule has 14 heavy (non-hydrogen) atoms. The third kappa shape index (κ3) is 1.69. The molecule has 1 fully saturated rings. The van der Waals surface area contributed by atoms with Gasteiger partial charge in [0.05, 0.1) is 0 Å². The maximum atomic E-state index is 4.10. The van der Waals surface area contributed by atoms with Crippen LogP contribution in [0.25, 0.3) is 0 Å². The van der Waals surface area contributed by atoms with Crippen molar-refractivity contribution in [3.8, 4) is 0 Å². The molecule has 1 aliphatic heterocycles. The number of hydrogen-bond acceptors (Lipinski definition) is 1. The highest BCUT2D eigenvalue weighted by Crippen LogP contribution is 2.33. The summed E-state index contributed by atoms with van der Waals surface area (Å²) in [5.74, 6) is 0. The lowest BCUT2D eigenvalue weighted by Gasteiger charge is -2.29. The molecule has 1 nitrogen and oxygen atoms in total. The molecule has 0 aliphatic carbocycles. The minimum absolute atomic E-state index is 0.551. The van der Waals surface area contributed by atoms with Crippen LogP contribution in [0.4, 0.5) is 0 Å². The molecule has 1 unspecified atom stereocenters. The van der Waals surface area contributed by atoms with E-state index < -0.39 is 0 Å². The smallest absolute Gasteiger partial charge is 0.00760 e. The maximum Gasteiger partial charge on any atom is 0.00760 e. The molecule has 1 aliphatic rings. The molecule has 1 heteroatoms. The van der Waals surface area contributed by atoms with Gasteiger partial charge < -0.3 is 4.90 Å². The molecule has 0 radical (unpaired) electrons. The highest BCUT2D eigenvalue weighted by molar-refractivity contribution is 5.33. The molecule has 1 heterocycles. The molecule has 1 aromatic carbocycles. The number of benzene rings is 1. The van der Waals surface area contributed by atoms with E-state index in [1.54, 1.807) is 0 Å². The van der Waals surface area contributed by atoms with Crippen molar-refractivity contribution in [2.75, 3.05) is 6.54 Å². The van der Waals surface area contributed by atoms with Crippen LogP contribution in [0.1, 0.15) is 35.6 Å². The molecule has 0 N–H and O–H groups in total. The zero-order valence-corrected chi connectivity index (χ0v) is 9.09. The molecule has 2 rings (SSSR count). The second-order valence-corrected chi connectivity index (χ2v) is 4.33. The molecule has 1 saturated heterocycles. The van der Waals surface area contributed by atoms with Crippen molar-refractivity contribution in [3.63, 3.8) is 0 Å². The molecule has 0 saturated carbocycles. The fourth-order valence-electron chi connectivity index (χ4n) is 2.30. The Balaban J connectivity index is 2.34. The summed E-state index contributed by atoms with van der Waals surface area (Å²) < 4.78 is 0. The standard InChI is InChI=1S/C13H18N/c1-10-6-7-11(2)12(9-10)13-5-4-8-14(13)3/h6-7,9,13H,3-5,8H2,1-2H3/q-1. The first kappa shape index (κ1) is 9.72. The van der Waals surface area contributed by atoms with Gasteiger partial charge in [-0.15, -0.1) is 0 Å². The van der Waals surface area contributed by atoms with E-state index in [1.807, 2.05) is 0 Å². The topological polar surface area (TPSA) is 3.24 Å². The third-order valence-corrected chi connectivity index (χ3v) is 3.16. The fraction of sp³-hybridized carbons (Fsp3) is 0.462. The summed E-state index contributed by atoms with van der Waals surface area (Å²) in [4.78, 5) is 2.22. The molecular weight excluding hydrogens is 170 g/mol. The van der Waals surface area contributed by atoms with Crippen molar-refractivity contribution in [1.29, 1.82) is 0 Å². The Bertz CT molecular complexity index is 330. The molecular formula is C13H18N-. The average molecular weight is 188 g/mol. The van der Waals surface area contributed by atoms with Crippen molar-refractivity contribution in [2.24, 2.45) is 0 Å². The van der Waals surface area contributed by atoms with Crippen molar-refractivity contribution in [1.82, 2.24) is 4.90 Å². The van der Waals surface area contributed by atoms with Crippen LogP contribution in [0.3, 0.4) is 0 Å². The number of aryl methyl sites for hydroxylation is 2. The summed E-state index contributed by atoms with van der Waals surface area (Å²) in [6.07, 6.45) is 2.54. The second-order valence-electron chi connectivity index (χ2n) is 4.33. The van der Waals surface area contributed by atoms with Gasteiger partial charge >= 0.3 is 0 Å². The zero-order chi connectivity index (χ0) is 10.1. The van der Waals surface area contributed by atoms with Crippen molar-refractivity contribution in [2.45, 2.75) is 32.7 Å². The van der Waals surface area contributed by atoms with Gasteiger partial charge in [0.2, 0.25) is 0 Å². The fourth-order valence-corrected chi connectivity index (χ4v) is 2.30. The molecule has 0 spiro atoms. The minimum atomic E-state index is 0.551. The van der Waals surface area contributed by atoms with Crippen LogP contribution in [0.5, 0.6) is 0 Å². The maximum absolute atomic E-state index is 4.10. The number of rotatable bonds is 1. The molecule has 1 aromatic rings. The van der Waals surface area contributed by atoms with Gasteiger partial charge in [0.25, 0.3) is 0 Å². The predicted molar refractivity (Wildman–Crippen MR) is 60.0 cm³/mol. The molecule has 0 bridgehead atoms. The molecule has 0 amide bonds. The van der Waals surface area contributed by atoms with Gasteiger partial charge in [-0.2, -0.15) is 0 Å². The predicted octanol–water partition coefficient (Wildman–Crippen LogP) is 3.23. The first-order valence-electron chi connectivity index (χ1n) is 5.33. The van der Waals surface area contributed by atoms with Crippen LogP contribution in [0.15, 0.2) is 18.2 Å². The Morgan fingerprint density at radius 1 is 1.36 bits per heavy atom. The number of likely N-dealkylation sites (tertiary alicyclic amines) is 1. The van der Waals surface area contributed by atoms with E-state index in [9.17, 15) is 0 Å². The largest absolute Gasteiger partial charge is 0.453 e. The van der Waals surface area contributed by atoms with E-state index in [1.165, 1.54) is 29.5 Å². The Hall–Kier alpha value is -0.820. The normalized spacial score (nSPS) is 22.9. The molecule has 1 atom stereocenters. The van der Waals surface area contributed by atoms with Crippen LogP contribution in [0.2, 0.25) is 0 Å². The average Bonchev–Trinajstić information content (AvgIpc) is 2.56. The number of hydrogen-bond donors (Lipinski definition) is 0. The highest BCUT2D eigenvalue weighted by atomic mass is 15.1. The summed E-state index contributed by atoms with van der Waals surface area (Å²) in [6, 6.07) is 7.26. The van der Waals surface area contributed by atoms with E-state index in [0.717, 1.165) is 6.54 Å². The van der Waals surface area contributed by atoms with Crippen LogP contribution < -0.4 is 0 Å². The van der Waals surface area contributed by atoms with E-state index in [-0.39, 0.29) is 0 Å². The van der Waals surface area contributed by atoms with Gasteiger partial charge in [-0.1, -0.05) is 23.8 Å². The van der Waals surface area contributed by atoms with Crippen LogP contribution in [0, 0.1) is 20.9 Å². The third-order valence-electron chi connectivity index (χ3n) is 3.16. The zero-order valence-electron chi connectivity index (χ0n) is 9.09. The summed E-state index contributed by atoms with van der Waals surface area (Å²) in [7, 11) is 4.10. The first-order valence-corrected chi connectivity index (χ1v) is 5.33.